The van der Waals surface area contributed by atoms with Crippen LogP contribution in [0.15, 0.2) is 43.2 Å². The Morgan fingerprint density at radius 3 is 1.56 bits per heavy atom. The van der Waals surface area contributed by atoms with Crippen LogP contribution < -0.4 is 0 Å². The van der Waals surface area contributed by atoms with E-state index in [1.54, 1.807) is 24.3 Å². The molecule has 0 radical (unpaired) electrons. The summed E-state index contributed by atoms with van der Waals surface area (Å²) >= 11 is 0. The molecule has 0 atom stereocenters. The summed E-state index contributed by atoms with van der Waals surface area (Å²) in [5, 5.41) is 0. The molecule has 0 nitrogen and oxygen atoms in total. The van der Waals surface area contributed by atoms with Crippen molar-refractivity contribution in [1.82, 2.24) is 0 Å². The van der Waals surface area contributed by atoms with Crippen LogP contribution in [0, 0.1) is 0 Å². The van der Waals surface area contributed by atoms with Gasteiger partial charge in [0.15, 0.2) is 0 Å². The Balaban J connectivity index is 0. The monoisotopic (exact) mass is 122 g/mol. The van der Waals surface area contributed by atoms with E-state index in [-0.39, 0.29) is 0 Å². The van der Waals surface area contributed by atoms with Gasteiger partial charge in [-0.2, -0.15) is 0 Å². The minimum absolute atomic E-state index is 1.67. The molecule has 0 N–H and O–H groups in total. The SMILES string of the molecule is C=CC=C=CC=C.CC. The summed E-state index contributed by atoms with van der Waals surface area (Å²) < 4.78 is 0. The van der Waals surface area contributed by atoms with Crippen LogP contribution in [0.1, 0.15) is 13.8 Å². The Bertz CT molecular complexity index is 100. The Labute approximate surface area is 57.9 Å². The Kier molecular flexibility index (Phi) is 19.1. The first-order chi connectivity index (χ1) is 4.41. The predicted octanol–water partition coefficient (Wildman–Crippen LogP) is 3.10. The van der Waals surface area contributed by atoms with E-state index in [4.69, 9.17) is 0 Å². The van der Waals surface area contributed by atoms with Crippen molar-refractivity contribution in [2.75, 3.05) is 0 Å². The molecule has 0 aromatic heterocycles. The van der Waals surface area contributed by atoms with Crippen molar-refractivity contribution in [2.45, 2.75) is 13.8 Å². The lowest BCUT2D eigenvalue weighted by molar-refractivity contribution is 1.50. The molecule has 0 amide bonds. The maximum Gasteiger partial charge on any atom is -0.0206 e. The van der Waals surface area contributed by atoms with Crippen LogP contribution in [0.4, 0.5) is 0 Å². The molecule has 9 heavy (non-hydrogen) atoms. The van der Waals surface area contributed by atoms with E-state index in [1.165, 1.54) is 0 Å². The number of hydrogen-bond donors (Lipinski definition) is 0. The van der Waals surface area contributed by atoms with Crippen molar-refractivity contribution in [3.05, 3.63) is 43.2 Å². The third-order valence-corrected chi connectivity index (χ3v) is 0.428. The first kappa shape index (κ1) is 10.9. The predicted molar refractivity (Wildman–Crippen MR) is 44.4 cm³/mol. The van der Waals surface area contributed by atoms with Crippen LogP contribution in [0.3, 0.4) is 0 Å². The third-order valence-electron chi connectivity index (χ3n) is 0.428. The van der Waals surface area contributed by atoms with Crippen molar-refractivity contribution < 1.29 is 0 Å². The van der Waals surface area contributed by atoms with E-state index in [1.807, 2.05) is 13.8 Å². The number of hydrogen-bond acceptors (Lipinski definition) is 0. The Hall–Kier alpha value is -1.00. The molecule has 0 aliphatic heterocycles. The summed E-state index contributed by atoms with van der Waals surface area (Å²) in [6, 6.07) is 0. The fourth-order valence-electron chi connectivity index (χ4n) is 0.192. The van der Waals surface area contributed by atoms with Gasteiger partial charge in [-0.05, 0) is 12.2 Å². The molecule has 0 unspecified atom stereocenters. The molecule has 0 fully saturated rings. The van der Waals surface area contributed by atoms with Gasteiger partial charge in [-0.25, -0.2) is 0 Å². The molecular formula is C9H14. The highest BCUT2D eigenvalue weighted by Crippen LogP contribution is 1.67. The van der Waals surface area contributed by atoms with Gasteiger partial charge >= 0.3 is 0 Å². The normalized spacial score (nSPS) is 5.11. The topological polar surface area (TPSA) is 0 Å². The molecule has 0 bridgehead atoms. The van der Waals surface area contributed by atoms with Crippen LogP contribution in [0.2, 0.25) is 0 Å². The second kappa shape index (κ2) is 15.8. The standard InChI is InChI=1S/C7H8.C2H6/c1-3-5-7-6-4-2;1-2/h3-6H,1-2H2;1-2H3. The first-order valence-corrected chi connectivity index (χ1v) is 3.06. The highest BCUT2D eigenvalue weighted by Gasteiger charge is 1.46. The lowest BCUT2D eigenvalue weighted by Gasteiger charge is -1.57. The summed E-state index contributed by atoms with van der Waals surface area (Å²) in [4.78, 5) is 0. The molecule has 50 valence electrons. The van der Waals surface area contributed by atoms with E-state index in [0.29, 0.717) is 0 Å². The molecule has 0 spiro atoms. The zero-order chi connectivity index (χ0) is 7.54. The zero-order valence-electron chi connectivity index (χ0n) is 6.22. The van der Waals surface area contributed by atoms with Gasteiger partial charge in [-0.3, -0.25) is 0 Å². The van der Waals surface area contributed by atoms with Crippen molar-refractivity contribution in [1.29, 1.82) is 0 Å². The highest BCUT2D eigenvalue weighted by atomic mass is 13.5. The van der Waals surface area contributed by atoms with E-state index in [2.05, 4.69) is 18.9 Å². The second-order valence-electron chi connectivity index (χ2n) is 0.971. The summed E-state index contributed by atoms with van der Waals surface area (Å²) in [6.45, 7) is 10.9. The molecule has 0 heteroatoms. The fraction of sp³-hybridized carbons (Fsp3) is 0.222. The minimum atomic E-state index is 1.67. The van der Waals surface area contributed by atoms with Crippen LogP contribution in [-0.2, 0) is 0 Å². The van der Waals surface area contributed by atoms with Gasteiger partial charge in [0.1, 0.15) is 0 Å². The molecule has 0 aliphatic carbocycles. The van der Waals surface area contributed by atoms with Crippen LogP contribution in [-0.4, -0.2) is 0 Å². The second-order valence-corrected chi connectivity index (χ2v) is 0.971. The highest BCUT2D eigenvalue weighted by molar-refractivity contribution is 5.03. The summed E-state index contributed by atoms with van der Waals surface area (Å²) in [6.07, 6.45) is 6.78. The van der Waals surface area contributed by atoms with E-state index < -0.39 is 0 Å². The minimum Gasteiger partial charge on any atom is -0.121 e. The van der Waals surface area contributed by atoms with E-state index >= 15 is 0 Å². The zero-order valence-corrected chi connectivity index (χ0v) is 6.22. The molecule has 0 saturated carbocycles. The molecule has 0 aliphatic rings. The van der Waals surface area contributed by atoms with Gasteiger partial charge in [0.2, 0.25) is 0 Å². The number of rotatable bonds is 2. The first-order valence-electron chi connectivity index (χ1n) is 3.06. The van der Waals surface area contributed by atoms with E-state index in [0.717, 1.165) is 0 Å². The van der Waals surface area contributed by atoms with Crippen LogP contribution in [0.5, 0.6) is 0 Å². The molecule has 0 aromatic carbocycles. The average molecular weight is 122 g/mol. The van der Waals surface area contributed by atoms with Gasteiger partial charge in [0, 0.05) is 0 Å². The van der Waals surface area contributed by atoms with Crippen molar-refractivity contribution in [3.63, 3.8) is 0 Å². The van der Waals surface area contributed by atoms with Crippen LogP contribution in [0.25, 0.3) is 0 Å². The summed E-state index contributed by atoms with van der Waals surface area (Å²) in [7, 11) is 0. The van der Waals surface area contributed by atoms with Crippen molar-refractivity contribution in [2.24, 2.45) is 0 Å². The molecule has 0 saturated heterocycles. The maximum absolute atomic E-state index is 3.46. The lowest BCUT2D eigenvalue weighted by Crippen LogP contribution is -1.35. The van der Waals surface area contributed by atoms with Crippen LogP contribution >= 0.6 is 0 Å². The Morgan fingerprint density at radius 2 is 1.33 bits per heavy atom. The van der Waals surface area contributed by atoms with Gasteiger partial charge in [0.05, 0.1) is 0 Å². The van der Waals surface area contributed by atoms with Gasteiger partial charge in [-0.15, -0.1) is 5.73 Å². The molecule has 0 heterocycles. The summed E-state index contributed by atoms with van der Waals surface area (Å²) in [5.74, 6) is 0. The largest absolute Gasteiger partial charge is 0.121 e. The van der Waals surface area contributed by atoms with Crippen molar-refractivity contribution in [3.8, 4) is 0 Å². The third kappa shape index (κ3) is 19.4. The lowest BCUT2D eigenvalue weighted by atomic mass is 10.5. The van der Waals surface area contributed by atoms with Crippen molar-refractivity contribution >= 4 is 0 Å². The summed E-state index contributed by atoms with van der Waals surface area (Å²) in [5.41, 5.74) is 2.80. The average Bonchev–Trinajstić information content (AvgIpc) is 1.94. The molecule has 0 rings (SSSR count). The molecule has 0 aromatic rings. The van der Waals surface area contributed by atoms with Gasteiger partial charge < -0.3 is 0 Å². The molecular weight excluding hydrogens is 108 g/mol. The smallest absolute Gasteiger partial charge is 0.0206 e. The maximum atomic E-state index is 3.46. The van der Waals surface area contributed by atoms with Gasteiger partial charge in [-0.1, -0.05) is 39.2 Å². The fourth-order valence-corrected chi connectivity index (χ4v) is 0.192. The Morgan fingerprint density at radius 1 is 1.00 bits per heavy atom. The quantitative estimate of drug-likeness (QED) is 0.390. The van der Waals surface area contributed by atoms with Gasteiger partial charge in [0.25, 0.3) is 0 Å². The number of allylic oxidation sites excluding steroid dienone is 3. The van der Waals surface area contributed by atoms with E-state index in [9.17, 15) is 0 Å².